The summed E-state index contributed by atoms with van der Waals surface area (Å²) < 4.78 is 10.00. The van der Waals surface area contributed by atoms with E-state index in [9.17, 15) is 14.7 Å². The lowest BCUT2D eigenvalue weighted by Gasteiger charge is -2.17. The van der Waals surface area contributed by atoms with E-state index in [2.05, 4.69) is 5.32 Å². The zero-order valence-electron chi connectivity index (χ0n) is 12.4. The van der Waals surface area contributed by atoms with Gasteiger partial charge in [0.1, 0.15) is 0 Å². The number of carbonyl (C=O) groups is 2. The average Bonchev–Trinajstić information content (AvgIpc) is 2.46. The van der Waals surface area contributed by atoms with Crippen LogP contribution in [-0.4, -0.2) is 61.5 Å². The van der Waals surface area contributed by atoms with Crippen LogP contribution in [0.3, 0.4) is 0 Å². The van der Waals surface area contributed by atoms with Crippen LogP contribution < -0.4 is 5.32 Å². The first-order valence-electron chi connectivity index (χ1n) is 6.71. The van der Waals surface area contributed by atoms with E-state index >= 15 is 0 Å². The zero-order valence-corrected chi connectivity index (χ0v) is 13.2. The fourth-order valence-corrected chi connectivity index (χ4v) is 2.07. The highest BCUT2D eigenvalue weighted by atomic mass is 32.2. The molecular formula is C13H25NO5S. The van der Waals surface area contributed by atoms with Crippen LogP contribution in [0.15, 0.2) is 0 Å². The van der Waals surface area contributed by atoms with Gasteiger partial charge in [-0.25, -0.2) is 0 Å². The van der Waals surface area contributed by atoms with E-state index in [0.29, 0.717) is 31.9 Å². The lowest BCUT2D eigenvalue weighted by molar-refractivity contribution is -0.121. The van der Waals surface area contributed by atoms with E-state index in [4.69, 9.17) is 9.47 Å². The Morgan fingerprint density at radius 3 is 2.65 bits per heavy atom. The molecule has 6 nitrogen and oxygen atoms in total. The fourth-order valence-electron chi connectivity index (χ4n) is 1.25. The van der Waals surface area contributed by atoms with E-state index in [1.165, 1.54) is 0 Å². The Kier molecular flexibility index (Phi) is 11.8. The molecule has 2 N–H and O–H groups in total. The Labute approximate surface area is 124 Å². The van der Waals surface area contributed by atoms with Crippen molar-refractivity contribution in [2.75, 3.05) is 39.2 Å². The number of amides is 1. The number of carbonyl (C=O) groups excluding carboxylic acids is 2. The van der Waals surface area contributed by atoms with Crippen LogP contribution in [-0.2, 0) is 19.1 Å². The molecule has 0 aliphatic heterocycles. The van der Waals surface area contributed by atoms with E-state index in [1.807, 2.05) is 0 Å². The SMILES string of the molecule is CCC(=O)NCCSC(=O)C(C)C(O)COCCOC. The van der Waals surface area contributed by atoms with Crippen LogP contribution in [0.2, 0.25) is 0 Å². The van der Waals surface area contributed by atoms with Crippen LogP contribution in [0.4, 0.5) is 0 Å². The molecule has 1 amide bonds. The van der Waals surface area contributed by atoms with Crippen molar-refractivity contribution >= 4 is 22.8 Å². The molecule has 0 radical (unpaired) electrons. The molecule has 118 valence electrons. The third-order valence-electron chi connectivity index (χ3n) is 2.66. The van der Waals surface area contributed by atoms with Crippen molar-refractivity contribution < 1.29 is 24.2 Å². The van der Waals surface area contributed by atoms with Crippen molar-refractivity contribution in [1.82, 2.24) is 5.32 Å². The number of rotatable bonds is 11. The molecule has 0 aromatic carbocycles. The van der Waals surface area contributed by atoms with Gasteiger partial charge in [-0.1, -0.05) is 25.6 Å². The molecule has 0 rings (SSSR count). The van der Waals surface area contributed by atoms with E-state index < -0.39 is 12.0 Å². The van der Waals surface area contributed by atoms with Gasteiger partial charge in [-0.2, -0.15) is 0 Å². The minimum atomic E-state index is -0.822. The number of methoxy groups -OCH3 is 1. The van der Waals surface area contributed by atoms with E-state index in [1.54, 1.807) is 21.0 Å². The standard InChI is InChI=1S/C13H25NO5S/c1-4-12(16)14-5-8-20-13(17)10(2)11(15)9-19-7-6-18-3/h10-11,15H,4-9H2,1-3H3,(H,14,16). The minimum Gasteiger partial charge on any atom is -0.390 e. The molecular weight excluding hydrogens is 282 g/mol. The van der Waals surface area contributed by atoms with Gasteiger partial charge in [0.25, 0.3) is 0 Å². The molecule has 0 aliphatic carbocycles. The maximum absolute atomic E-state index is 11.8. The average molecular weight is 307 g/mol. The third kappa shape index (κ3) is 9.30. The van der Waals surface area contributed by atoms with Crippen molar-refractivity contribution in [3.05, 3.63) is 0 Å². The number of hydrogen-bond donors (Lipinski definition) is 2. The third-order valence-corrected chi connectivity index (χ3v) is 3.72. The first-order chi connectivity index (χ1) is 9.52. The summed E-state index contributed by atoms with van der Waals surface area (Å²) in [6, 6.07) is 0. The van der Waals surface area contributed by atoms with Crippen LogP contribution >= 0.6 is 11.8 Å². The van der Waals surface area contributed by atoms with Crippen molar-refractivity contribution in [1.29, 1.82) is 0 Å². The molecule has 0 aliphatic rings. The van der Waals surface area contributed by atoms with Crippen molar-refractivity contribution in [3.63, 3.8) is 0 Å². The summed E-state index contributed by atoms with van der Waals surface area (Å²) in [4.78, 5) is 22.8. The molecule has 2 atom stereocenters. The van der Waals surface area contributed by atoms with Crippen molar-refractivity contribution in [3.8, 4) is 0 Å². The monoisotopic (exact) mass is 307 g/mol. The predicted molar refractivity (Wildman–Crippen MR) is 78.6 cm³/mol. The molecule has 0 bridgehead atoms. The number of hydrogen-bond acceptors (Lipinski definition) is 6. The summed E-state index contributed by atoms with van der Waals surface area (Å²) in [5, 5.41) is 12.4. The van der Waals surface area contributed by atoms with Gasteiger partial charge in [0.05, 0.1) is 31.8 Å². The topological polar surface area (TPSA) is 84.9 Å². The van der Waals surface area contributed by atoms with Gasteiger partial charge in [0, 0.05) is 25.8 Å². The maximum Gasteiger partial charge on any atom is 0.219 e. The fraction of sp³-hybridized carbons (Fsp3) is 0.846. The van der Waals surface area contributed by atoms with Gasteiger partial charge in [-0.15, -0.1) is 0 Å². The number of aliphatic hydroxyl groups excluding tert-OH is 1. The second-order valence-electron chi connectivity index (χ2n) is 4.29. The molecule has 0 spiro atoms. The van der Waals surface area contributed by atoms with Gasteiger partial charge >= 0.3 is 0 Å². The lowest BCUT2D eigenvalue weighted by Crippen LogP contribution is -2.30. The highest BCUT2D eigenvalue weighted by Gasteiger charge is 2.22. The zero-order chi connectivity index (χ0) is 15.4. The van der Waals surface area contributed by atoms with E-state index in [-0.39, 0.29) is 17.6 Å². The van der Waals surface area contributed by atoms with Gasteiger partial charge in [-0.3, -0.25) is 9.59 Å². The van der Waals surface area contributed by atoms with Crippen molar-refractivity contribution in [2.24, 2.45) is 5.92 Å². The van der Waals surface area contributed by atoms with Gasteiger partial charge < -0.3 is 19.9 Å². The molecule has 0 saturated carbocycles. The van der Waals surface area contributed by atoms with Gasteiger partial charge in [0.15, 0.2) is 5.12 Å². The molecule has 0 heterocycles. The number of thioether (sulfide) groups is 1. The van der Waals surface area contributed by atoms with Crippen LogP contribution in [0.1, 0.15) is 20.3 Å². The molecule has 0 aromatic heterocycles. The summed E-state index contributed by atoms with van der Waals surface area (Å²) in [5.41, 5.74) is 0. The summed E-state index contributed by atoms with van der Waals surface area (Å²) in [7, 11) is 1.57. The van der Waals surface area contributed by atoms with Gasteiger partial charge in [0.2, 0.25) is 5.91 Å². The Balaban J connectivity index is 3.75. The second-order valence-corrected chi connectivity index (χ2v) is 5.39. The smallest absolute Gasteiger partial charge is 0.219 e. The normalized spacial score (nSPS) is 13.8. The summed E-state index contributed by atoms with van der Waals surface area (Å²) in [6.07, 6.45) is -0.385. The highest BCUT2D eigenvalue weighted by molar-refractivity contribution is 8.13. The van der Waals surface area contributed by atoms with Crippen LogP contribution in [0.25, 0.3) is 0 Å². The molecule has 2 unspecified atom stereocenters. The maximum atomic E-state index is 11.8. The largest absolute Gasteiger partial charge is 0.390 e. The quantitative estimate of drug-likeness (QED) is 0.539. The number of aliphatic hydroxyl groups is 1. The van der Waals surface area contributed by atoms with Crippen LogP contribution in [0.5, 0.6) is 0 Å². The second kappa shape index (κ2) is 12.1. The Morgan fingerprint density at radius 1 is 1.35 bits per heavy atom. The predicted octanol–water partition coefficient (Wildman–Crippen LogP) is 0.432. The Bertz CT molecular complexity index is 288. The first-order valence-corrected chi connectivity index (χ1v) is 7.69. The number of nitrogens with one attached hydrogen (secondary N) is 1. The molecule has 0 aromatic rings. The Hall–Kier alpha value is -0.630. The van der Waals surface area contributed by atoms with Crippen LogP contribution in [0, 0.1) is 5.92 Å². The summed E-state index contributed by atoms with van der Waals surface area (Å²) in [6.45, 7) is 4.87. The number of ether oxygens (including phenoxy) is 2. The summed E-state index contributed by atoms with van der Waals surface area (Å²) in [5.74, 6) is -0.0197. The first kappa shape index (κ1) is 19.4. The van der Waals surface area contributed by atoms with E-state index in [0.717, 1.165) is 11.8 Å². The molecule has 20 heavy (non-hydrogen) atoms. The Morgan fingerprint density at radius 2 is 2.05 bits per heavy atom. The lowest BCUT2D eigenvalue weighted by atomic mass is 10.1. The molecule has 0 saturated heterocycles. The van der Waals surface area contributed by atoms with Crippen molar-refractivity contribution in [2.45, 2.75) is 26.4 Å². The van der Waals surface area contributed by atoms with Gasteiger partial charge in [-0.05, 0) is 0 Å². The minimum absolute atomic E-state index is 0.0299. The molecule has 7 heteroatoms. The summed E-state index contributed by atoms with van der Waals surface area (Å²) >= 11 is 1.12. The highest BCUT2D eigenvalue weighted by Crippen LogP contribution is 2.14. The molecule has 0 fully saturated rings.